The quantitative estimate of drug-likeness (QED) is 0.596. The van der Waals surface area contributed by atoms with E-state index in [9.17, 15) is 0 Å². The van der Waals surface area contributed by atoms with Crippen LogP contribution in [-0.2, 0) is 10.4 Å². The molecule has 0 aliphatic carbocycles. The number of aromatic nitrogens is 2. The van der Waals surface area contributed by atoms with Crippen molar-refractivity contribution < 1.29 is 17.5 Å². The van der Waals surface area contributed by atoms with Gasteiger partial charge in [-0.1, -0.05) is 18.2 Å². The number of nitrogens with one attached hydrogen (secondary N) is 2. The van der Waals surface area contributed by atoms with Crippen LogP contribution in [0.15, 0.2) is 24.3 Å². The van der Waals surface area contributed by atoms with Crippen molar-refractivity contribution in [3.63, 3.8) is 0 Å². The zero-order chi connectivity index (χ0) is 15.5. The van der Waals surface area contributed by atoms with Gasteiger partial charge in [0.15, 0.2) is 0 Å². The molecule has 2 heterocycles. The van der Waals surface area contributed by atoms with Gasteiger partial charge in [-0.15, -0.1) is 0 Å². The Bertz CT molecular complexity index is 690. The number of rotatable bonds is 1. The Morgan fingerprint density at radius 1 is 1.29 bits per heavy atom. The Balaban J connectivity index is 0.000000282. The molecule has 3 rings (SSSR count). The number of H-pyrrole nitrogens is 1. The maximum absolute atomic E-state index is 8.74. The van der Waals surface area contributed by atoms with E-state index in [4.69, 9.17) is 17.5 Å². The fourth-order valence-electron chi connectivity index (χ4n) is 2.68. The molecule has 0 amide bonds. The summed E-state index contributed by atoms with van der Waals surface area (Å²) in [6.45, 7) is 3.36. The lowest BCUT2D eigenvalue weighted by Crippen LogP contribution is -2.35. The number of piperidine rings is 1. The predicted molar refractivity (Wildman–Crippen MR) is 79.7 cm³/mol. The van der Waals surface area contributed by atoms with E-state index in [0.717, 1.165) is 12.1 Å². The molecule has 2 atom stereocenters. The standard InChI is InChI=1S/C13H17N3.H2O4S/c1-9-8-10(6-7-14-9)13-11-4-2-3-5-12(11)15-16-13;1-5(2,3)4/h2-5,9-10,14H,6-8H2,1H3,(H,15,16);(H2,1,2,3,4)/t9-,10+;/m1./s1. The molecular weight excluding hydrogens is 294 g/mol. The van der Waals surface area contributed by atoms with E-state index < -0.39 is 10.4 Å². The molecule has 1 aliphatic rings. The van der Waals surface area contributed by atoms with E-state index in [-0.39, 0.29) is 0 Å². The summed E-state index contributed by atoms with van der Waals surface area (Å²) < 4.78 is 31.6. The van der Waals surface area contributed by atoms with Gasteiger partial charge < -0.3 is 5.32 Å². The van der Waals surface area contributed by atoms with Crippen molar-refractivity contribution in [2.24, 2.45) is 0 Å². The van der Waals surface area contributed by atoms with Crippen molar-refractivity contribution in [1.82, 2.24) is 15.5 Å². The average molecular weight is 313 g/mol. The molecule has 116 valence electrons. The Labute approximate surface area is 123 Å². The highest BCUT2D eigenvalue weighted by molar-refractivity contribution is 7.79. The van der Waals surface area contributed by atoms with Crippen molar-refractivity contribution in [2.45, 2.75) is 31.7 Å². The lowest BCUT2D eigenvalue weighted by atomic mass is 9.89. The minimum atomic E-state index is -4.67. The van der Waals surface area contributed by atoms with Gasteiger partial charge in [0, 0.05) is 23.0 Å². The molecule has 8 heteroatoms. The third-order valence-corrected chi connectivity index (χ3v) is 3.52. The average Bonchev–Trinajstić information content (AvgIpc) is 2.80. The van der Waals surface area contributed by atoms with Crippen LogP contribution in [0.1, 0.15) is 31.4 Å². The Kier molecular flexibility index (Phi) is 4.94. The van der Waals surface area contributed by atoms with Gasteiger partial charge in [-0.25, -0.2) is 0 Å². The summed E-state index contributed by atoms with van der Waals surface area (Å²) in [5, 5.41) is 12.4. The first-order valence-corrected chi connectivity index (χ1v) is 8.10. The first-order chi connectivity index (χ1) is 9.84. The topological polar surface area (TPSA) is 115 Å². The zero-order valence-electron chi connectivity index (χ0n) is 11.7. The number of hydrogen-bond acceptors (Lipinski definition) is 4. The largest absolute Gasteiger partial charge is 0.394 e. The van der Waals surface area contributed by atoms with Crippen molar-refractivity contribution >= 4 is 21.3 Å². The molecule has 0 radical (unpaired) electrons. The van der Waals surface area contributed by atoms with Crippen LogP contribution in [0, 0.1) is 0 Å². The molecule has 21 heavy (non-hydrogen) atoms. The summed E-state index contributed by atoms with van der Waals surface area (Å²) in [6, 6.07) is 8.98. The van der Waals surface area contributed by atoms with E-state index >= 15 is 0 Å². The fourth-order valence-corrected chi connectivity index (χ4v) is 2.68. The molecule has 0 saturated carbocycles. The van der Waals surface area contributed by atoms with E-state index in [2.05, 4.69) is 40.6 Å². The molecule has 4 N–H and O–H groups in total. The van der Waals surface area contributed by atoms with Crippen LogP contribution >= 0.6 is 0 Å². The van der Waals surface area contributed by atoms with Gasteiger partial charge in [-0.2, -0.15) is 13.5 Å². The fraction of sp³-hybridized carbons (Fsp3) is 0.462. The summed E-state index contributed by atoms with van der Waals surface area (Å²) in [4.78, 5) is 0. The molecule has 1 fully saturated rings. The third-order valence-electron chi connectivity index (χ3n) is 3.52. The lowest BCUT2D eigenvalue weighted by molar-refractivity contribution is 0.377. The normalized spacial score (nSPS) is 22.6. The highest BCUT2D eigenvalue weighted by Crippen LogP contribution is 2.30. The smallest absolute Gasteiger partial charge is 0.314 e. The molecular formula is C13H19N3O4S. The second-order valence-corrected chi connectivity index (χ2v) is 6.07. The minimum Gasteiger partial charge on any atom is -0.314 e. The van der Waals surface area contributed by atoms with Gasteiger partial charge in [0.1, 0.15) is 0 Å². The Hall–Kier alpha value is -1.48. The molecule has 1 aliphatic heterocycles. The number of hydrogen-bond donors (Lipinski definition) is 4. The highest BCUT2D eigenvalue weighted by atomic mass is 32.3. The van der Waals surface area contributed by atoms with Gasteiger partial charge >= 0.3 is 10.4 Å². The van der Waals surface area contributed by atoms with Crippen molar-refractivity contribution in [3.8, 4) is 0 Å². The number of para-hydroxylation sites is 1. The van der Waals surface area contributed by atoms with Gasteiger partial charge in [-0.3, -0.25) is 14.2 Å². The second-order valence-electron chi connectivity index (χ2n) is 5.18. The predicted octanol–water partition coefficient (Wildman–Crippen LogP) is 1.77. The summed E-state index contributed by atoms with van der Waals surface area (Å²) >= 11 is 0. The molecule has 1 aromatic heterocycles. The van der Waals surface area contributed by atoms with Gasteiger partial charge in [0.25, 0.3) is 0 Å². The molecule has 1 aromatic carbocycles. The number of fused-ring (bicyclic) bond motifs is 1. The van der Waals surface area contributed by atoms with Crippen LogP contribution in [0.3, 0.4) is 0 Å². The highest BCUT2D eigenvalue weighted by Gasteiger charge is 2.22. The van der Waals surface area contributed by atoms with Crippen LogP contribution in [-0.4, -0.2) is 40.3 Å². The zero-order valence-corrected chi connectivity index (χ0v) is 12.5. The SMILES string of the molecule is C[C@@H]1C[C@@H](c2[nH]nc3ccccc23)CCN1.O=S(=O)(O)O. The summed E-state index contributed by atoms with van der Waals surface area (Å²) in [7, 11) is -4.67. The van der Waals surface area contributed by atoms with Gasteiger partial charge in [-0.05, 0) is 32.4 Å². The minimum absolute atomic E-state index is 0.612. The van der Waals surface area contributed by atoms with Crippen LogP contribution in [0.5, 0.6) is 0 Å². The maximum atomic E-state index is 8.74. The third kappa shape index (κ3) is 4.78. The van der Waals surface area contributed by atoms with E-state index in [0.29, 0.717) is 12.0 Å². The summed E-state index contributed by atoms with van der Waals surface area (Å²) in [6.07, 6.45) is 2.41. The first kappa shape index (κ1) is 15.9. The van der Waals surface area contributed by atoms with E-state index in [1.807, 2.05) is 6.07 Å². The van der Waals surface area contributed by atoms with Crippen molar-refractivity contribution in [3.05, 3.63) is 30.0 Å². The second kappa shape index (κ2) is 6.52. The maximum Gasteiger partial charge on any atom is 0.394 e. The van der Waals surface area contributed by atoms with Gasteiger partial charge in [0.05, 0.1) is 5.52 Å². The summed E-state index contributed by atoms with van der Waals surface area (Å²) in [5.41, 5.74) is 2.41. The molecule has 1 saturated heterocycles. The Morgan fingerprint density at radius 2 is 1.95 bits per heavy atom. The molecule has 0 unspecified atom stereocenters. The van der Waals surface area contributed by atoms with E-state index in [1.165, 1.54) is 23.9 Å². The monoisotopic (exact) mass is 313 g/mol. The number of aromatic amines is 1. The van der Waals surface area contributed by atoms with E-state index in [1.54, 1.807) is 0 Å². The number of nitrogens with zero attached hydrogens (tertiary/aromatic N) is 1. The first-order valence-electron chi connectivity index (χ1n) is 6.71. The number of benzene rings is 1. The Morgan fingerprint density at radius 3 is 2.62 bits per heavy atom. The summed E-state index contributed by atoms with van der Waals surface area (Å²) in [5.74, 6) is 0.628. The van der Waals surface area contributed by atoms with Crippen LogP contribution in [0.4, 0.5) is 0 Å². The molecule has 2 aromatic rings. The van der Waals surface area contributed by atoms with Crippen LogP contribution in [0.2, 0.25) is 0 Å². The van der Waals surface area contributed by atoms with Gasteiger partial charge in [0.2, 0.25) is 0 Å². The molecule has 0 spiro atoms. The molecule has 7 nitrogen and oxygen atoms in total. The van der Waals surface area contributed by atoms with Crippen LogP contribution in [0.25, 0.3) is 10.9 Å². The van der Waals surface area contributed by atoms with Crippen molar-refractivity contribution in [2.75, 3.05) is 6.54 Å². The van der Waals surface area contributed by atoms with Crippen LogP contribution < -0.4 is 5.32 Å². The molecule has 0 bridgehead atoms. The lowest BCUT2D eigenvalue weighted by Gasteiger charge is -2.27. The van der Waals surface area contributed by atoms with Crippen molar-refractivity contribution in [1.29, 1.82) is 0 Å².